The molecular weight excluding hydrogens is 266 g/mol. The van der Waals surface area contributed by atoms with E-state index in [0.29, 0.717) is 17.8 Å². The van der Waals surface area contributed by atoms with Crippen LogP contribution in [-0.4, -0.2) is 55.8 Å². The highest BCUT2D eigenvalue weighted by molar-refractivity contribution is 5.95. The van der Waals surface area contributed by atoms with Crippen molar-refractivity contribution >= 4 is 17.5 Å². The van der Waals surface area contributed by atoms with Gasteiger partial charge in [-0.2, -0.15) is 0 Å². The molecule has 0 saturated heterocycles. The fraction of sp³-hybridized carbons (Fsp3) is 0.500. The van der Waals surface area contributed by atoms with Gasteiger partial charge in [-0.15, -0.1) is 0 Å². The van der Waals surface area contributed by atoms with Gasteiger partial charge in [0, 0.05) is 25.3 Å². The molecule has 116 valence electrons. The predicted octanol–water partition coefficient (Wildman–Crippen LogP) is 2.06. The van der Waals surface area contributed by atoms with E-state index in [1.807, 2.05) is 11.9 Å². The lowest BCUT2D eigenvalue weighted by Gasteiger charge is -2.16. The van der Waals surface area contributed by atoms with E-state index in [2.05, 4.69) is 12.2 Å². The van der Waals surface area contributed by atoms with Gasteiger partial charge in [0.15, 0.2) is 0 Å². The first-order valence-electron chi connectivity index (χ1n) is 7.24. The topological polar surface area (TPSA) is 52.7 Å². The van der Waals surface area contributed by atoms with E-state index >= 15 is 0 Å². The Morgan fingerprint density at radius 3 is 2.24 bits per heavy atom. The molecule has 1 rings (SSSR count). The van der Waals surface area contributed by atoms with Crippen LogP contribution < -0.4 is 5.32 Å². The molecule has 0 aliphatic rings. The number of hydrogen-bond acceptors (Lipinski definition) is 3. The van der Waals surface area contributed by atoms with Gasteiger partial charge in [0.25, 0.3) is 5.91 Å². The Hall–Kier alpha value is -1.88. The monoisotopic (exact) mass is 291 g/mol. The van der Waals surface area contributed by atoms with Crippen LogP contribution in [0.15, 0.2) is 24.3 Å². The van der Waals surface area contributed by atoms with Gasteiger partial charge in [0.05, 0.1) is 6.54 Å². The van der Waals surface area contributed by atoms with Crippen LogP contribution in [0.25, 0.3) is 0 Å². The molecule has 5 nitrogen and oxygen atoms in total. The number of hydrogen-bond donors (Lipinski definition) is 1. The molecule has 21 heavy (non-hydrogen) atoms. The Morgan fingerprint density at radius 1 is 1.10 bits per heavy atom. The van der Waals surface area contributed by atoms with Crippen molar-refractivity contribution in [2.24, 2.45) is 0 Å². The standard InChI is InChI=1S/C16H25N3O2/c1-5-6-11-19(4)12-15(20)17-14-9-7-13(8-10-14)16(21)18(2)3/h7-10H,5-6,11-12H2,1-4H3,(H,17,20). The Morgan fingerprint density at radius 2 is 1.71 bits per heavy atom. The molecule has 0 unspecified atom stereocenters. The normalized spacial score (nSPS) is 10.5. The zero-order chi connectivity index (χ0) is 15.8. The van der Waals surface area contributed by atoms with E-state index in [1.165, 1.54) is 4.90 Å². The molecule has 1 aromatic rings. The molecule has 0 aliphatic carbocycles. The molecule has 0 aliphatic heterocycles. The lowest BCUT2D eigenvalue weighted by atomic mass is 10.2. The van der Waals surface area contributed by atoms with Crippen molar-refractivity contribution in [2.45, 2.75) is 19.8 Å². The summed E-state index contributed by atoms with van der Waals surface area (Å²) in [5.74, 6) is -0.0903. The van der Waals surface area contributed by atoms with Gasteiger partial charge in [-0.05, 0) is 44.3 Å². The summed E-state index contributed by atoms with van der Waals surface area (Å²) in [6.07, 6.45) is 2.21. The van der Waals surface area contributed by atoms with Gasteiger partial charge in [0.2, 0.25) is 5.91 Å². The van der Waals surface area contributed by atoms with Crippen LogP contribution in [0.1, 0.15) is 30.1 Å². The Kier molecular flexibility index (Phi) is 6.88. The fourth-order valence-electron chi connectivity index (χ4n) is 1.91. The zero-order valence-corrected chi connectivity index (χ0v) is 13.3. The van der Waals surface area contributed by atoms with Crippen molar-refractivity contribution in [3.8, 4) is 0 Å². The number of anilines is 1. The van der Waals surface area contributed by atoms with Crippen LogP contribution in [0, 0.1) is 0 Å². The average Bonchev–Trinajstić information content (AvgIpc) is 2.44. The van der Waals surface area contributed by atoms with Crippen molar-refractivity contribution in [3.63, 3.8) is 0 Å². The second-order valence-corrected chi connectivity index (χ2v) is 5.42. The number of nitrogens with zero attached hydrogens (tertiary/aromatic N) is 2. The summed E-state index contributed by atoms with van der Waals surface area (Å²) in [5.41, 5.74) is 1.32. The van der Waals surface area contributed by atoms with Crippen molar-refractivity contribution in [2.75, 3.05) is 39.5 Å². The number of benzene rings is 1. The van der Waals surface area contributed by atoms with Crippen molar-refractivity contribution in [1.82, 2.24) is 9.80 Å². The average molecular weight is 291 g/mol. The summed E-state index contributed by atoms with van der Waals surface area (Å²) in [4.78, 5) is 27.2. The number of carbonyl (C=O) groups excluding carboxylic acids is 2. The first-order chi connectivity index (χ1) is 9.93. The molecule has 1 aromatic carbocycles. The number of likely N-dealkylation sites (N-methyl/N-ethyl adjacent to an activating group) is 1. The second-order valence-electron chi connectivity index (χ2n) is 5.42. The van der Waals surface area contributed by atoms with Gasteiger partial charge in [-0.25, -0.2) is 0 Å². The molecule has 0 bridgehead atoms. The lowest BCUT2D eigenvalue weighted by molar-refractivity contribution is -0.117. The van der Waals surface area contributed by atoms with E-state index < -0.39 is 0 Å². The molecule has 0 spiro atoms. The molecule has 0 radical (unpaired) electrons. The van der Waals surface area contributed by atoms with Crippen molar-refractivity contribution < 1.29 is 9.59 Å². The third-order valence-corrected chi connectivity index (χ3v) is 3.13. The minimum absolute atomic E-state index is 0.0414. The third-order valence-electron chi connectivity index (χ3n) is 3.13. The third kappa shape index (κ3) is 5.95. The van der Waals surface area contributed by atoms with E-state index in [9.17, 15) is 9.59 Å². The summed E-state index contributed by atoms with van der Waals surface area (Å²) < 4.78 is 0. The van der Waals surface area contributed by atoms with E-state index in [0.717, 1.165) is 19.4 Å². The Labute approximate surface area is 126 Å². The maximum atomic E-state index is 11.9. The summed E-state index contributed by atoms with van der Waals surface area (Å²) in [5, 5.41) is 2.84. The maximum absolute atomic E-state index is 11.9. The van der Waals surface area contributed by atoms with E-state index in [4.69, 9.17) is 0 Å². The molecular formula is C16H25N3O2. The largest absolute Gasteiger partial charge is 0.345 e. The molecule has 5 heteroatoms. The van der Waals surface area contributed by atoms with Gasteiger partial charge in [-0.1, -0.05) is 13.3 Å². The number of carbonyl (C=O) groups is 2. The van der Waals surface area contributed by atoms with Gasteiger partial charge in [-0.3, -0.25) is 14.5 Å². The van der Waals surface area contributed by atoms with Crippen LogP contribution in [0.4, 0.5) is 5.69 Å². The second kappa shape index (κ2) is 8.42. The Bertz CT molecular complexity index is 469. The van der Waals surface area contributed by atoms with Crippen LogP contribution in [0.2, 0.25) is 0 Å². The highest BCUT2D eigenvalue weighted by Crippen LogP contribution is 2.10. The molecule has 1 N–H and O–H groups in total. The number of unbranched alkanes of at least 4 members (excludes halogenated alkanes) is 1. The van der Waals surface area contributed by atoms with Crippen molar-refractivity contribution in [1.29, 1.82) is 0 Å². The molecule has 0 fully saturated rings. The maximum Gasteiger partial charge on any atom is 0.253 e. The van der Waals surface area contributed by atoms with Crippen LogP contribution in [-0.2, 0) is 4.79 Å². The highest BCUT2D eigenvalue weighted by atomic mass is 16.2. The van der Waals surface area contributed by atoms with Crippen LogP contribution in [0.3, 0.4) is 0 Å². The highest BCUT2D eigenvalue weighted by Gasteiger charge is 2.09. The van der Waals surface area contributed by atoms with Gasteiger partial charge in [0.1, 0.15) is 0 Å². The molecule has 0 heterocycles. The first kappa shape index (κ1) is 17.2. The smallest absolute Gasteiger partial charge is 0.253 e. The summed E-state index contributed by atoms with van der Waals surface area (Å²) in [6, 6.07) is 6.94. The zero-order valence-electron chi connectivity index (χ0n) is 13.3. The van der Waals surface area contributed by atoms with E-state index in [-0.39, 0.29) is 11.8 Å². The number of rotatable bonds is 7. The number of amides is 2. The van der Waals surface area contributed by atoms with E-state index in [1.54, 1.807) is 38.4 Å². The minimum atomic E-state index is -0.0489. The van der Waals surface area contributed by atoms with Gasteiger partial charge < -0.3 is 10.2 Å². The SMILES string of the molecule is CCCCN(C)CC(=O)Nc1ccc(C(=O)N(C)C)cc1. The lowest BCUT2D eigenvalue weighted by Crippen LogP contribution is -2.30. The molecule has 0 saturated carbocycles. The molecule has 0 aromatic heterocycles. The molecule has 0 atom stereocenters. The predicted molar refractivity (Wildman–Crippen MR) is 85.5 cm³/mol. The first-order valence-corrected chi connectivity index (χ1v) is 7.24. The van der Waals surface area contributed by atoms with Crippen molar-refractivity contribution in [3.05, 3.63) is 29.8 Å². The van der Waals surface area contributed by atoms with Crippen LogP contribution in [0.5, 0.6) is 0 Å². The summed E-state index contributed by atoms with van der Waals surface area (Å²) in [6.45, 7) is 3.42. The summed E-state index contributed by atoms with van der Waals surface area (Å²) in [7, 11) is 5.36. The van der Waals surface area contributed by atoms with Crippen LogP contribution >= 0.6 is 0 Å². The molecule has 2 amide bonds. The Balaban J connectivity index is 2.52. The number of nitrogens with one attached hydrogen (secondary N) is 1. The summed E-state index contributed by atoms with van der Waals surface area (Å²) >= 11 is 0. The minimum Gasteiger partial charge on any atom is -0.345 e. The van der Waals surface area contributed by atoms with Gasteiger partial charge >= 0.3 is 0 Å². The fourth-order valence-corrected chi connectivity index (χ4v) is 1.91. The quantitative estimate of drug-likeness (QED) is 0.836.